The van der Waals surface area contributed by atoms with Crippen LogP contribution in [0.4, 0.5) is 18.9 Å². The summed E-state index contributed by atoms with van der Waals surface area (Å²) in [7, 11) is 0. The van der Waals surface area contributed by atoms with E-state index in [9.17, 15) is 27.6 Å². The number of ether oxygens (including phenoxy) is 1. The van der Waals surface area contributed by atoms with Gasteiger partial charge in [0.1, 0.15) is 5.82 Å². The van der Waals surface area contributed by atoms with Crippen molar-refractivity contribution in [2.24, 2.45) is 5.92 Å². The minimum absolute atomic E-state index is 0.228. The van der Waals surface area contributed by atoms with Crippen LogP contribution in [0.2, 0.25) is 0 Å². The van der Waals surface area contributed by atoms with Crippen LogP contribution in [0.5, 0.6) is 0 Å². The van der Waals surface area contributed by atoms with E-state index in [-0.39, 0.29) is 5.91 Å². The SMILES string of the molecule is O=C(COC(=O)C1CCN(C(=O)c2ccc(F)cc2)CC1)Nc1ccc(SC(F)F)cc1. The van der Waals surface area contributed by atoms with Gasteiger partial charge in [-0.05, 0) is 61.4 Å². The van der Waals surface area contributed by atoms with Crippen LogP contribution < -0.4 is 5.32 Å². The molecule has 1 heterocycles. The van der Waals surface area contributed by atoms with Crippen LogP contribution in [0.15, 0.2) is 53.4 Å². The van der Waals surface area contributed by atoms with Gasteiger partial charge in [-0.15, -0.1) is 0 Å². The van der Waals surface area contributed by atoms with Crippen molar-refractivity contribution in [2.45, 2.75) is 23.5 Å². The second kappa shape index (κ2) is 11.0. The molecule has 1 saturated heterocycles. The normalized spacial score (nSPS) is 14.3. The van der Waals surface area contributed by atoms with E-state index in [4.69, 9.17) is 4.74 Å². The Morgan fingerprint density at radius 3 is 2.25 bits per heavy atom. The van der Waals surface area contributed by atoms with Crippen molar-refractivity contribution >= 4 is 35.2 Å². The molecule has 3 rings (SSSR count). The zero-order valence-corrected chi connectivity index (χ0v) is 17.7. The van der Waals surface area contributed by atoms with E-state index >= 15 is 0 Å². The van der Waals surface area contributed by atoms with Gasteiger partial charge in [-0.25, -0.2) is 4.39 Å². The van der Waals surface area contributed by atoms with Crippen molar-refractivity contribution in [2.75, 3.05) is 25.0 Å². The number of esters is 1. The quantitative estimate of drug-likeness (QED) is 0.490. The molecule has 0 aromatic heterocycles. The maximum absolute atomic E-state index is 13.0. The Kier molecular flexibility index (Phi) is 8.15. The molecule has 1 aliphatic heterocycles. The first-order valence-electron chi connectivity index (χ1n) is 9.88. The molecule has 0 spiro atoms. The van der Waals surface area contributed by atoms with Gasteiger partial charge in [-0.2, -0.15) is 8.78 Å². The van der Waals surface area contributed by atoms with Gasteiger partial charge < -0.3 is 15.0 Å². The lowest BCUT2D eigenvalue weighted by atomic mass is 9.96. The minimum atomic E-state index is -2.53. The molecule has 2 aromatic rings. The Labute approximate surface area is 187 Å². The topological polar surface area (TPSA) is 75.7 Å². The number of nitrogens with one attached hydrogen (secondary N) is 1. The predicted octanol–water partition coefficient (Wildman–Crippen LogP) is 4.17. The number of amides is 2. The average molecular weight is 466 g/mol. The largest absolute Gasteiger partial charge is 0.455 e. The second-order valence-electron chi connectivity index (χ2n) is 7.13. The van der Waals surface area contributed by atoms with E-state index in [0.29, 0.717) is 53.8 Å². The van der Waals surface area contributed by atoms with E-state index in [0.717, 1.165) is 0 Å². The number of piperidine rings is 1. The Morgan fingerprint density at radius 1 is 1.03 bits per heavy atom. The van der Waals surface area contributed by atoms with Gasteiger partial charge in [0, 0.05) is 29.2 Å². The highest BCUT2D eigenvalue weighted by atomic mass is 32.2. The smallest absolute Gasteiger partial charge is 0.309 e. The molecule has 0 atom stereocenters. The standard InChI is InChI=1S/C22H21F3N2O4S/c23-16-3-1-14(2-4-16)20(29)27-11-9-15(10-12-27)21(30)31-13-19(28)26-17-5-7-18(8-6-17)32-22(24)25/h1-8,15,22H,9-13H2,(H,26,28). The van der Waals surface area contributed by atoms with Crippen molar-refractivity contribution in [1.82, 2.24) is 4.90 Å². The van der Waals surface area contributed by atoms with Gasteiger partial charge in [0.05, 0.1) is 5.92 Å². The second-order valence-corrected chi connectivity index (χ2v) is 8.20. The molecule has 1 aliphatic rings. The fourth-order valence-electron chi connectivity index (χ4n) is 3.26. The van der Waals surface area contributed by atoms with Crippen LogP contribution in [0.1, 0.15) is 23.2 Å². The van der Waals surface area contributed by atoms with Crippen LogP contribution in [0.3, 0.4) is 0 Å². The van der Waals surface area contributed by atoms with E-state index in [1.165, 1.54) is 48.5 Å². The summed E-state index contributed by atoms with van der Waals surface area (Å²) in [6.07, 6.45) is 0.799. The fourth-order valence-corrected chi connectivity index (χ4v) is 3.76. The molecule has 0 bridgehead atoms. The third kappa shape index (κ3) is 6.74. The third-order valence-corrected chi connectivity index (χ3v) is 5.64. The molecule has 0 saturated carbocycles. The summed E-state index contributed by atoms with van der Waals surface area (Å²) in [4.78, 5) is 38.7. The summed E-state index contributed by atoms with van der Waals surface area (Å²) < 4.78 is 42.7. The molecular weight excluding hydrogens is 445 g/mol. The number of hydrogen-bond donors (Lipinski definition) is 1. The monoisotopic (exact) mass is 466 g/mol. The van der Waals surface area contributed by atoms with Crippen LogP contribution in [-0.4, -0.2) is 48.1 Å². The van der Waals surface area contributed by atoms with Crippen LogP contribution in [-0.2, 0) is 14.3 Å². The minimum Gasteiger partial charge on any atom is -0.455 e. The molecule has 170 valence electrons. The molecular formula is C22H21F3N2O4S. The summed E-state index contributed by atoms with van der Waals surface area (Å²) in [6, 6.07) is 11.2. The highest BCUT2D eigenvalue weighted by Gasteiger charge is 2.29. The summed E-state index contributed by atoms with van der Waals surface area (Å²) in [5.74, 6) is -4.66. The first-order chi connectivity index (χ1) is 15.3. The van der Waals surface area contributed by atoms with Gasteiger partial charge in [0.25, 0.3) is 17.6 Å². The number of likely N-dealkylation sites (tertiary alicyclic amines) is 1. The maximum Gasteiger partial charge on any atom is 0.309 e. The third-order valence-electron chi connectivity index (χ3n) is 4.92. The number of nitrogens with zero attached hydrogens (tertiary/aromatic N) is 1. The van der Waals surface area contributed by atoms with Crippen molar-refractivity contribution < 1.29 is 32.3 Å². The van der Waals surface area contributed by atoms with Gasteiger partial charge in [-0.3, -0.25) is 14.4 Å². The lowest BCUT2D eigenvalue weighted by Gasteiger charge is -2.31. The summed E-state index contributed by atoms with van der Waals surface area (Å²) in [6.45, 7) is 0.234. The summed E-state index contributed by atoms with van der Waals surface area (Å²) in [5.41, 5.74) is 0.780. The van der Waals surface area contributed by atoms with Crippen molar-refractivity contribution in [1.29, 1.82) is 0 Å². The highest BCUT2D eigenvalue weighted by Crippen LogP contribution is 2.26. The number of benzene rings is 2. The van der Waals surface area contributed by atoms with E-state index in [2.05, 4.69) is 5.32 Å². The molecule has 10 heteroatoms. The van der Waals surface area contributed by atoms with E-state index in [1.54, 1.807) is 4.90 Å². The van der Waals surface area contributed by atoms with Crippen LogP contribution >= 0.6 is 11.8 Å². The Balaban J connectivity index is 1.40. The maximum atomic E-state index is 13.0. The molecule has 2 aromatic carbocycles. The number of halogens is 3. The molecule has 1 fully saturated rings. The number of carbonyl (C=O) groups is 3. The zero-order chi connectivity index (χ0) is 23.1. The van der Waals surface area contributed by atoms with Crippen molar-refractivity contribution in [3.63, 3.8) is 0 Å². The predicted molar refractivity (Wildman–Crippen MR) is 113 cm³/mol. The van der Waals surface area contributed by atoms with Crippen molar-refractivity contribution in [3.8, 4) is 0 Å². The molecule has 32 heavy (non-hydrogen) atoms. The Bertz CT molecular complexity index is 947. The lowest BCUT2D eigenvalue weighted by molar-refractivity contribution is -0.152. The van der Waals surface area contributed by atoms with Crippen molar-refractivity contribution in [3.05, 3.63) is 59.9 Å². The number of anilines is 1. The molecule has 6 nitrogen and oxygen atoms in total. The fraction of sp³-hybridized carbons (Fsp3) is 0.318. The number of hydrogen-bond acceptors (Lipinski definition) is 5. The van der Waals surface area contributed by atoms with Gasteiger partial charge >= 0.3 is 5.97 Å². The van der Waals surface area contributed by atoms with Crippen LogP contribution in [0.25, 0.3) is 0 Å². The molecule has 0 radical (unpaired) electrons. The number of alkyl halides is 2. The number of thioether (sulfide) groups is 1. The molecule has 0 aliphatic carbocycles. The van der Waals surface area contributed by atoms with Crippen LogP contribution in [0, 0.1) is 11.7 Å². The van der Waals surface area contributed by atoms with Gasteiger partial charge in [-0.1, -0.05) is 11.8 Å². The first kappa shape index (κ1) is 23.6. The average Bonchev–Trinajstić information content (AvgIpc) is 2.78. The molecule has 0 unspecified atom stereocenters. The lowest BCUT2D eigenvalue weighted by Crippen LogP contribution is -2.41. The zero-order valence-electron chi connectivity index (χ0n) is 16.9. The van der Waals surface area contributed by atoms with E-state index in [1.807, 2.05) is 0 Å². The summed E-state index contributed by atoms with van der Waals surface area (Å²) in [5, 5.41) is 2.53. The summed E-state index contributed by atoms with van der Waals surface area (Å²) >= 11 is 0.402. The Hall–Kier alpha value is -3.01. The van der Waals surface area contributed by atoms with Gasteiger partial charge in [0.2, 0.25) is 0 Å². The van der Waals surface area contributed by atoms with Gasteiger partial charge in [0.15, 0.2) is 6.61 Å². The number of rotatable bonds is 7. The number of carbonyl (C=O) groups excluding carboxylic acids is 3. The first-order valence-corrected chi connectivity index (χ1v) is 10.8. The highest BCUT2D eigenvalue weighted by molar-refractivity contribution is 7.99. The molecule has 1 N–H and O–H groups in total. The van der Waals surface area contributed by atoms with E-state index < -0.39 is 36.0 Å². The molecule has 2 amide bonds. The Morgan fingerprint density at radius 2 is 1.66 bits per heavy atom.